The molecule has 2 amide bonds. The average molecular weight is 376 g/mol. The highest BCUT2D eigenvalue weighted by molar-refractivity contribution is 8.13. The number of hydrogen-bond acceptors (Lipinski definition) is 2. The molecule has 2 fully saturated rings. The summed E-state index contributed by atoms with van der Waals surface area (Å²) in [5.41, 5.74) is 1.31. The molecule has 2 N–H and O–H groups in total. The zero-order valence-corrected chi connectivity index (χ0v) is 17.0. The minimum atomic E-state index is 0.0370. The fourth-order valence-electron chi connectivity index (χ4n) is 3.97. The Balaban J connectivity index is 1.47. The van der Waals surface area contributed by atoms with Gasteiger partial charge in [-0.1, -0.05) is 47.6 Å². The first-order chi connectivity index (χ1) is 12.7. The lowest BCUT2D eigenvalue weighted by atomic mass is 9.96. The van der Waals surface area contributed by atoms with Crippen molar-refractivity contribution in [1.82, 2.24) is 14.9 Å². The molecule has 2 aliphatic rings. The Morgan fingerprint density at radius 1 is 1.00 bits per heavy atom. The van der Waals surface area contributed by atoms with Gasteiger partial charge in [-0.25, -0.2) is 4.79 Å². The number of piperidine rings is 1. The highest BCUT2D eigenvalue weighted by Crippen LogP contribution is 2.33. The Morgan fingerprint density at radius 2 is 1.58 bits per heavy atom. The van der Waals surface area contributed by atoms with Gasteiger partial charge in [0.15, 0.2) is 0 Å². The lowest BCUT2D eigenvalue weighted by molar-refractivity contribution is 0.221. The summed E-state index contributed by atoms with van der Waals surface area (Å²) in [6.07, 6.45) is 8.14. The number of rotatable bonds is 4. The monoisotopic (exact) mass is 375 g/mol. The van der Waals surface area contributed by atoms with Crippen LogP contribution in [-0.2, 0) is 0 Å². The molecular weight excluding hydrogens is 342 g/mol. The van der Waals surface area contributed by atoms with Gasteiger partial charge in [0, 0.05) is 30.1 Å². The lowest BCUT2D eigenvalue weighted by Gasteiger charge is -2.35. The van der Waals surface area contributed by atoms with Gasteiger partial charge in [0.05, 0.1) is 0 Å². The molecule has 1 heterocycles. The number of carbonyl (C=O) groups excluding carboxylic acids is 1. The molecule has 1 atom stereocenters. The summed E-state index contributed by atoms with van der Waals surface area (Å²) < 4.78 is 2.56. The predicted molar refractivity (Wildman–Crippen MR) is 112 cm³/mol. The van der Waals surface area contributed by atoms with E-state index in [1.54, 1.807) is 0 Å². The first-order valence-electron chi connectivity index (χ1n) is 10.1. The van der Waals surface area contributed by atoms with Crippen molar-refractivity contribution in [2.24, 2.45) is 0 Å². The van der Waals surface area contributed by atoms with Crippen molar-refractivity contribution in [3.05, 3.63) is 29.8 Å². The third-order valence-electron chi connectivity index (χ3n) is 5.49. The topological polar surface area (TPSA) is 44.4 Å². The molecule has 0 bridgehead atoms. The predicted octanol–water partition coefficient (Wildman–Crippen LogP) is 4.46. The molecule has 1 aromatic rings. The Morgan fingerprint density at radius 3 is 2.15 bits per heavy atom. The number of aryl methyl sites for hydroxylation is 1. The Kier molecular flexibility index (Phi) is 7.15. The van der Waals surface area contributed by atoms with Gasteiger partial charge in [0.2, 0.25) is 0 Å². The Hall–Kier alpha value is -1.33. The minimum absolute atomic E-state index is 0.0370. The molecule has 144 valence electrons. The first kappa shape index (κ1) is 19.4. The van der Waals surface area contributed by atoms with E-state index in [1.165, 1.54) is 29.7 Å². The summed E-state index contributed by atoms with van der Waals surface area (Å²) in [6, 6.07) is 9.61. The molecule has 0 radical (unpaired) electrons. The Bertz CT molecular complexity index is 615. The zero-order chi connectivity index (χ0) is 18.4. The van der Waals surface area contributed by atoms with E-state index in [9.17, 15) is 4.79 Å². The van der Waals surface area contributed by atoms with Crippen molar-refractivity contribution in [2.75, 3.05) is 13.1 Å². The molecule has 1 aliphatic heterocycles. The molecule has 4 nitrogen and oxygen atoms in total. The second kappa shape index (κ2) is 9.56. The van der Waals surface area contributed by atoms with Crippen LogP contribution in [0, 0.1) is 6.92 Å². The van der Waals surface area contributed by atoms with Crippen molar-refractivity contribution in [2.45, 2.75) is 75.8 Å². The van der Waals surface area contributed by atoms with Crippen LogP contribution in [0.25, 0.3) is 0 Å². The van der Waals surface area contributed by atoms with Crippen LogP contribution >= 0.6 is 10.7 Å². The average Bonchev–Trinajstić information content (AvgIpc) is 2.66. The molecule has 1 saturated carbocycles. The van der Waals surface area contributed by atoms with Crippen LogP contribution in [0.4, 0.5) is 4.79 Å². The van der Waals surface area contributed by atoms with Crippen LogP contribution in [0.5, 0.6) is 0 Å². The molecular formula is C21H33N3OS. The summed E-state index contributed by atoms with van der Waals surface area (Å²) in [4.78, 5) is 13.7. The van der Waals surface area contributed by atoms with Crippen LogP contribution in [0.3, 0.4) is 0 Å². The normalized spacial score (nSPS) is 21.5. The van der Waals surface area contributed by atoms with E-state index in [-0.39, 0.29) is 16.7 Å². The molecule has 0 spiro atoms. The maximum Gasteiger partial charge on any atom is 0.315 e. The first-order valence-corrected chi connectivity index (χ1v) is 11.3. The van der Waals surface area contributed by atoms with Gasteiger partial charge in [-0.3, -0.25) is 4.31 Å². The second-order valence-electron chi connectivity index (χ2n) is 7.52. The molecule has 5 heteroatoms. The van der Waals surface area contributed by atoms with Gasteiger partial charge in [-0.2, -0.15) is 0 Å². The highest BCUT2D eigenvalue weighted by atomic mass is 32.2. The van der Waals surface area contributed by atoms with E-state index >= 15 is 0 Å². The van der Waals surface area contributed by atoms with Crippen molar-refractivity contribution >= 4 is 22.1 Å². The third-order valence-corrected chi connectivity index (χ3v) is 7.62. The minimum Gasteiger partial charge on any atom is -0.335 e. The van der Waals surface area contributed by atoms with Gasteiger partial charge in [-0.15, -0.1) is 0 Å². The van der Waals surface area contributed by atoms with E-state index in [2.05, 4.69) is 58.4 Å². The standard InChI is InChI=1S/C21H33N3OS/c1-3-26(20-11-9-17(2)10-12-20)24-15-13-19(14-16-24)23-21(25)22-18-7-5-4-6-8-18/h3,9-12,18-19H,4-8,13-16H2,1-2H3,(H2,22,23,25). The van der Waals surface area contributed by atoms with E-state index in [0.717, 1.165) is 38.8 Å². The number of nitrogens with zero attached hydrogens (tertiary/aromatic N) is 1. The number of carbonyl (C=O) groups is 1. The second-order valence-corrected chi connectivity index (χ2v) is 9.61. The van der Waals surface area contributed by atoms with Crippen molar-refractivity contribution < 1.29 is 4.79 Å². The summed E-state index contributed by atoms with van der Waals surface area (Å²) in [6.45, 7) is 6.36. The van der Waals surface area contributed by atoms with E-state index in [1.807, 2.05) is 0 Å². The maximum atomic E-state index is 12.3. The number of urea groups is 1. The van der Waals surface area contributed by atoms with Crippen molar-refractivity contribution in [3.8, 4) is 0 Å². The molecule has 1 unspecified atom stereocenters. The maximum absolute atomic E-state index is 12.3. The van der Waals surface area contributed by atoms with Gasteiger partial charge < -0.3 is 10.6 Å². The fraction of sp³-hybridized carbons (Fsp3) is 0.619. The smallest absolute Gasteiger partial charge is 0.315 e. The van der Waals surface area contributed by atoms with Crippen LogP contribution in [-0.4, -0.2) is 40.9 Å². The Labute approximate surface area is 160 Å². The lowest BCUT2D eigenvalue weighted by Crippen LogP contribution is -2.49. The van der Waals surface area contributed by atoms with Crippen molar-refractivity contribution in [1.29, 1.82) is 0 Å². The summed E-state index contributed by atoms with van der Waals surface area (Å²) in [5, 5.41) is 8.70. The summed E-state index contributed by atoms with van der Waals surface area (Å²) in [5.74, 6) is 0. The van der Waals surface area contributed by atoms with Crippen LogP contribution in [0.15, 0.2) is 29.2 Å². The fourth-order valence-corrected chi connectivity index (χ4v) is 5.86. The summed E-state index contributed by atoms with van der Waals surface area (Å²) in [7, 11) is 0.0572. The van der Waals surface area contributed by atoms with Crippen LogP contribution in [0.1, 0.15) is 57.4 Å². The molecule has 26 heavy (non-hydrogen) atoms. The largest absolute Gasteiger partial charge is 0.335 e. The van der Waals surface area contributed by atoms with Gasteiger partial charge in [-0.05, 0) is 57.0 Å². The zero-order valence-electron chi connectivity index (χ0n) is 16.2. The van der Waals surface area contributed by atoms with Gasteiger partial charge in [0.1, 0.15) is 0 Å². The van der Waals surface area contributed by atoms with Crippen LogP contribution < -0.4 is 10.6 Å². The SMILES string of the molecule is C/C=S(\c1ccc(C)cc1)N1CCC(NC(=O)NC2CCCCC2)CC1. The van der Waals surface area contributed by atoms with Gasteiger partial charge in [0.25, 0.3) is 0 Å². The van der Waals surface area contributed by atoms with E-state index in [0.29, 0.717) is 12.1 Å². The quantitative estimate of drug-likeness (QED) is 0.763. The van der Waals surface area contributed by atoms with Crippen molar-refractivity contribution in [3.63, 3.8) is 0 Å². The highest BCUT2D eigenvalue weighted by Gasteiger charge is 2.24. The third kappa shape index (κ3) is 5.34. The van der Waals surface area contributed by atoms with Gasteiger partial charge >= 0.3 is 6.03 Å². The number of benzene rings is 1. The van der Waals surface area contributed by atoms with E-state index < -0.39 is 0 Å². The number of hydrogen-bond donors (Lipinski definition) is 2. The van der Waals surface area contributed by atoms with E-state index in [4.69, 9.17) is 0 Å². The molecule has 1 saturated heterocycles. The molecule has 1 aliphatic carbocycles. The molecule has 1 aromatic carbocycles. The summed E-state index contributed by atoms with van der Waals surface area (Å²) >= 11 is 0. The number of amides is 2. The molecule has 3 rings (SSSR count). The molecule has 0 aromatic heterocycles. The van der Waals surface area contributed by atoms with Crippen LogP contribution in [0.2, 0.25) is 0 Å². The number of nitrogens with one attached hydrogen (secondary N) is 2.